The third-order valence-electron chi connectivity index (χ3n) is 3.56. The fourth-order valence-corrected chi connectivity index (χ4v) is 3.37. The van der Waals surface area contributed by atoms with Gasteiger partial charge in [0, 0.05) is 16.8 Å². The van der Waals surface area contributed by atoms with Crippen LogP contribution in [0, 0.1) is 5.92 Å². The molecule has 21 heavy (non-hydrogen) atoms. The Morgan fingerprint density at radius 2 is 2.00 bits per heavy atom. The third-order valence-corrected chi connectivity index (χ3v) is 4.82. The van der Waals surface area contributed by atoms with Gasteiger partial charge in [-0.15, -0.1) is 11.8 Å². The molecule has 6 heteroatoms. The summed E-state index contributed by atoms with van der Waals surface area (Å²) < 4.78 is 0. The lowest BCUT2D eigenvalue weighted by Crippen LogP contribution is -2.34. The molecule has 0 aromatic heterocycles. The van der Waals surface area contributed by atoms with Crippen LogP contribution in [0.25, 0.3) is 0 Å². The topological polar surface area (TPSA) is 66.4 Å². The van der Waals surface area contributed by atoms with E-state index in [-0.39, 0.29) is 17.9 Å². The summed E-state index contributed by atoms with van der Waals surface area (Å²) in [6.07, 6.45) is 1.95. The minimum absolute atomic E-state index is 0.00901. The molecule has 1 aromatic rings. The maximum Gasteiger partial charge on any atom is 0.306 e. The number of nitrogens with one attached hydrogen (secondary N) is 1. The predicted molar refractivity (Wildman–Crippen MR) is 84.5 cm³/mol. The van der Waals surface area contributed by atoms with Gasteiger partial charge in [0.1, 0.15) is 0 Å². The number of carbonyl (C=O) groups is 2. The zero-order valence-electron chi connectivity index (χ0n) is 11.5. The lowest BCUT2D eigenvalue weighted by molar-refractivity contribution is -0.141. The van der Waals surface area contributed by atoms with E-state index in [0.29, 0.717) is 23.6 Å². The largest absolute Gasteiger partial charge is 0.481 e. The van der Waals surface area contributed by atoms with Crippen molar-refractivity contribution >= 4 is 35.2 Å². The second-order valence-electron chi connectivity index (χ2n) is 5.23. The molecule has 1 aliphatic carbocycles. The van der Waals surface area contributed by atoms with Crippen LogP contribution >= 0.6 is 23.4 Å². The summed E-state index contributed by atoms with van der Waals surface area (Å²) in [5.41, 5.74) is 1.13. The second kappa shape index (κ2) is 7.71. The van der Waals surface area contributed by atoms with Crippen LogP contribution in [0.3, 0.4) is 0 Å². The maximum atomic E-state index is 11.8. The molecule has 1 aromatic carbocycles. The molecule has 1 aliphatic rings. The van der Waals surface area contributed by atoms with Gasteiger partial charge in [-0.3, -0.25) is 9.59 Å². The first-order valence-corrected chi connectivity index (χ1v) is 8.42. The van der Waals surface area contributed by atoms with Crippen molar-refractivity contribution in [2.24, 2.45) is 5.92 Å². The SMILES string of the molecule is O=C(CSCc1ccc(Cl)cc1)N[C@@H]1CC[C@H](C(=O)O)C1. The van der Waals surface area contributed by atoms with Crippen LogP contribution in [0.2, 0.25) is 5.02 Å². The van der Waals surface area contributed by atoms with Crippen LogP contribution in [-0.4, -0.2) is 28.8 Å². The van der Waals surface area contributed by atoms with Crippen LogP contribution in [0.1, 0.15) is 24.8 Å². The Morgan fingerprint density at radius 3 is 2.62 bits per heavy atom. The maximum absolute atomic E-state index is 11.8. The molecule has 0 radical (unpaired) electrons. The van der Waals surface area contributed by atoms with E-state index in [1.807, 2.05) is 24.3 Å². The second-order valence-corrected chi connectivity index (χ2v) is 6.65. The molecule has 1 fully saturated rings. The number of amides is 1. The van der Waals surface area contributed by atoms with E-state index < -0.39 is 5.97 Å². The van der Waals surface area contributed by atoms with Gasteiger partial charge in [0.15, 0.2) is 0 Å². The number of aliphatic carboxylic acids is 1. The number of hydrogen-bond donors (Lipinski definition) is 2. The van der Waals surface area contributed by atoms with E-state index in [0.717, 1.165) is 17.7 Å². The highest BCUT2D eigenvalue weighted by molar-refractivity contribution is 7.99. The molecule has 4 nitrogen and oxygen atoms in total. The fraction of sp³-hybridized carbons (Fsp3) is 0.467. The number of carboxylic acids is 1. The number of halogens is 1. The Hall–Kier alpha value is -1.20. The van der Waals surface area contributed by atoms with Gasteiger partial charge < -0.3 is 10.4 Å². The van der Waals surface area contributed by atoms with Crippen LogP contribution < -0.4 is 5.32 Å². The molecule has 1 saturated carbocycles. The summed E-state index contributed by atoms with van der Waals surface area (Å²) in [6.45, 7) is 0. The highest BCUT2D eigenvalue weighted by Crippen LogP contribution is 2.25. The Bertz CT molecular complexity index is 506. The number of thioether (sulfide) groups is 1. The van der Waals surface area contributed by atoms with E-state index in [2.05, 4.69) is 5.32 Å². The smallest absolute Gasteiger partial charge is 0.306 e. The normalized spacial score (nSPS) is 21.2. The van der Waals surface area contributed by atoms with E-state index in [1.165, 1.54) is 11.8 Å². The molecule has 2 rings (SSSR count). The highest BCUT2D eigenvalue weighted by Gasteiger charge is 2.30. The van der Waals surface area contributed by atoms with Crippen molar-refractivity contribution in [3.63, 3.8) is 0 Å². The first kappa shape index (κ1) is 16.2. The molecule has 0 aliphatic heterocycles. The first-order chi connectivity index (χ1) is 10.0. The summed E-state index contributed by atoms with van der Waals surface area (Å²) in [5.74, 6) is 0.0510. The van der Waals surface area contributed by atoms with E-state index in [1.54, 1.807) is 0 Å². The molecule has 2 atom stereocenters. The van der Waals surface area contributed by atoms with Crippen LogP contribution in [0.15, 0.2) is 24.3 Å². The minimum Gasteiger partial charge on any atom is -0.481 e. The average molecular weight is 328 g/mol. The third kappa shape index (κ3) is 5.25. The summed E-state index contributed by atoms with van der Waals surface area (Å²) in [4.78, 5) is 22.7. The Kier molecular flexibility index (Phi) is 5.94. The summed E-state index contributed by atoms with van der Waals surface area (Å²) >= 11 is 7.35. The lowest BCUT2D eigenvalue weighted by atomic mass is 10.1. The molecule has 114 valence electrons. The molecule has 1 amide bonds. The van der Waals surface area contributed by atoms with Crippen molar-refractivity contribution in [1.29, 1.82) is 0 Å². The summed E-state index contributed by atoms with van der Waals surface area (Å²) in [7, 11) is 0. The van der Waals surface area contributed by atoms with Gasteiger partial charge in [-0.05, 0) is 37.0 Å². The van der Waals surface area contributed by atoms with Crippen molar-refractivity contribution in [3.8, 4) is 0 Å². The van der Waals surface area contributed by atoms with E-state index in [9.17, 15) is 9.59 Å². The molecule has 0 heterocycles. The predicted octanol–water partition coefficient (Wildman–Crippen LogP) is 2.94. The lowest BCUT2D eigenvalue weighted by Gasteiger charge is -2.12. The van der Waals surface area contributed by atoms with Crippen molar-refractivity contribution in [1.82, 2.24) is 5.32 Å². The highest BCUT2D eigenvalue weighted by atomic mass is 35.5. The zero-order chi connectivity index (χ0) is 15.2. The van der Waals surface area contributed by atoms with Gasteiger partial charge in [0.2, 0.25) is 5.91 Å². The molecular weight excluding hydrogens is 310 g/mol. The Morgan fingerprint density at radius 1 is 1.29 bits per heavy atom. The average Bonchev–Trinajstić information content (AvgIpc) is 2.90. The van der Waals surface area contributed by atoms with Gasteiger partial charge in [-0.2, -0.15) is 0 Å². The quantitative estimate of drug-likeness (QED) is 0.843. The number of benzene rings is 1. The molecule has 0 bridgehead atoms. The van der Waals surface area contributed by atoms with Crippen molar-refractivity contribution in [2.45, 2.75) is 31.1 Å². The van der Waals surface area contributed by atoms with E-state index >= 15 is 0 Å². The first-order valence-electron chi connectivity index (χ1n) is 6.89. The minimum atomic E-state index is -0.760. The van der Waals surface area contributed by atoms with Crippen LogP contribution in [0.4, 0.5) is 0 Å². The number of rotatable bonds is 6. The van der Waals surface area contributed by atoms with Gasteiger partial charge in [0.05, 0.1) is 11.7 Å². The molecular formula is C15H18ClNO3S. The van der Waals surface area contributed by atoms with Gasteiger partial charge in [-0.25, -0.2) is 0 Å². The summed E-state index contributed by atoms with van der Waals surface area (Å²) in [5, 5.41) is 12.5. The molecule has 2 N–H and O–H groups in total. The zero-order valence-corrected chi connectivity index (χ0v) is 13.1. The van der Waals surface area contributed by atoms with Crippen molar-refractivity contribution in [3.05, 3.63) is 34.9 Å². The Balaban J connectivity index is 1.66. The monoisotopic (exact) mass is 327 g/mol. The molecule has 0 spiro atoms. The van der Waals surface area contributed by atoms with Gasteiger partial charge in [0.25, 0.3) is 0 Å². The van der Waals surface area contributed by atoms with Crippen LogP contribution in [-0.2, 0) is 15.3 Å². The van der Waals surface area contributed by atoms with Crippen LogP contribution in [0.5, 0.6) is 0 Å². The standard InChI is InChI=1S/C15H18ClNO3S/c16-12-4-1-10(2-5-12)8-21-9-14(18)17-13-6-3-11(7-13)15(19)20/h1-2,4-5,11,13H,3,6-9H2,(H,17,18)(H,19,20)/t11-,13+/m0/s1. The number of carbonyl (C=O) groups excluding carboxylic acids is 1. The fourth-order valence-electron chi connectivity index (χ4n) is 2.45. The summed E-state index contributed by atoms with van der Waals surface area (Å²) in [6, 6.07) is 7.57. The van der Waals surface area contributed by atoms with E-state index in [4.69, 9.17) is 16.7 Å². The van der Waals surface area contributed by atoms with Crippen molar-refractivity contribution in [2.75, 3.05) is 5.75 Å². The molecule has 0 unspecified atom stereocenters. The van der Waals surface area contributed by atoms with Gasteiger partial charge >= 0.3 is 5.97 Å². The molecule has 0 saturated heterocycles. The Labute approximate surface area is 133 Å². The van der Waals surface area contributed by atoms with Crippen molar-refractivity contribution < 1.29 is 14.7 Å². The number of carboxylic acid groups (broad SMARTS) is 1. The van der Waals surface area contributed by atoms with Gasteiger partial charge in [-0.1, -0.05) is 23.7 Å². The number of hydrogen-bond acceptors (Lipinski definition) is 3.